The van der Waals surface area contributed by atoms with Crippen LogP contribution in [0.15, 0.2) is 24.3 Å². The minimum atomic E-state index is -3.09. The first-order valence-electron chi connectivity index (χ1n) is 4.38. The van der Waals surface area contributed by atoms with Crippen LogP contribution in [-0.2, 0) is 9.59 Å². The Hall–Kier alpha value is -1.30. The van der Waals surface area contributed by atoms with Crippen LogP contribution in [0.2, 0.25) is 5.02 Å². The molecule has 0 aromatic heterocycles. The van der Waals surface area contributed by atoms with Gasteiger partial charge in [-0.05, 0) is 17.7 Å². The number of carbonyl (C=O) groups is 2. The van der Waals surface area contributed by atoms with Crippen LogP contribution in [0.1, 0.15) is 10.9 Å². The predicted molar refractivity (Wildman–Crippen MR) is 60.3 cm³/mol. The average Bonchev–Trinajstić information content (AvgIpc) is 2.27. The largest absolute Gasteiger partial charge is 0.479 e. The third-order valence-electron chi connectivity index (χ3n) is 2.18. The second-order valence-electron chi connectivity index (χ2n) is 3.29. The highest BCUT2D eigenvalue weighted by atomic mass is 35.5. The summed E-state index contributed by atoms with van der Waals surface area (Å²) in [6, 6.07) is 5.51. The van der Waals surface area contributed by atoms with Gasteiger partial charge in [0.05, 0.1) is 0 Å². The standard InChI is InChI=1S/C10H8Cl2O5/c11-6-3-1-5(2-4-6)7(12)10(17,8(13)14)9(15)16/h1-4,7,17H,(H,13,14)(H,15,16). The first kappa shape index (κ1) is 13.8. The zero-order valence-corrected chi connectivity index (χ0v) is 9.81. The number of alkyl halides is 1. The first-order chi connectivity index (χ1) is 7.80. The van der Waals surface area contributed by atoms with E-state index in [1.54, 1.807) is 0 Å². The van der Waals surface area contributed by atoms with Gasteiger partial charge in [-0.1, -0.05) is 23.7 Å². The van der Waals surface area contributed by atoms with E-state index in [0.29, 0.717) is 5.02 Å². The molecule has 0 heterocycles. The smallest absolute Gasteiger partial charge is 0.349 e. The molecule has 0 radical (unpaired) electrons. The van der Waals surface area contributed by atoms with E-state index >= 15 is 0 Å². The zero-order chi connectivity index (χ0) is 13.2. The Morgan fingerprint density at radius 2 is 1.53 bits per heavy atom. The molecular formula is C10H8Cl2O5. The number of hydrogen-bond donors (Lipinski definition) is 3. The van der Waals surface area contributed by atoms with Gasteiger partial charge in [0.15, 0.2) is 0 Å². The lowest BCUT2D eigenvalue weighted by atomic mass is 9.94. The second kappa shape index (κ2) is 4.91. The Labute approximate surface area is 106 Å². The van der Waals surface area contributed by atoms with Crippen molar-refractivity contribution in [1.82, 2.24) is 0 Å². The molecule has 0 aliphatic carbocycles. The van der Waals surface area contributed by atoms with E-state index in [2.05, 4.69) is 0 Å². The maximum atomic E-state index is 10.8. The van der Waals surface area contributed by atoms with Crippen LogP contribution in [-0.4, -0.2) is 32.9 Å². The summed E-state index contributed by atoms with van der Waals surface area (Å²) in [5, 5.41) is 25.8. The summed E-state index contributed by atoms with van der Waals surface area (Å²) in [5.74, 6) is -3.86. The molecule has 1 atom stereocenters. The van der Waals surface area contributed by atoms with Gasteiger partial charge in [0, 0.05) is 5.02 Å². The summed E-state index contributed by atoms with van der Waals surface area (Å²) in [4.78, 5) is 21.6. The summed E-state index contributed by atoms with van der Waals surface area (Å²) in [5.41, 5.74) is -2.95. The van der Waals surface area contributed by atoms with Crippen molar-refractivity contribution in [2.75, 3.05) is 0 Å². The maximum absolute atomic E-state index is 10.8. The zero-order valence-electron chi connectivity index (χ0n) is 8.30. The highest BCUT2D eigenvalue weighted by Gasteiger charge is 2.52. The number of halogens is 2. The Morgan fingerprint density at radius 1 is 1.12 bits per heavy atom. The lowest BCUT2D eigenvalue weighted by molar-refractivity contribution is -0.176. The van der Waals surface area contributed by atoms with Crippen molar-refractivity contribution >= 4 is 35.1 Å². The molecule has 7 heteroatoms. The molecule has 3 N–H and O–H groups in total. The van der Waals surface area contributed by atoms with E-state index in [0.717, 1.165) is 0 Å². The SMILES string of the molecule is O=C(O)C(O)(C(=O)O)C(Cl)c1ccc(Cl)cc1. The van der Waals surface area contributed by atoms with Crippen LogP contribution in [0.4, 0.5) is 0 Å². The van der Waals surface area contributed by atoms with Gasteiger partial charge in [0.1, 0.15) is 5.38 Å². The maximum Gasteiger partial charge on any atom is 0.349 e. The molecule has 0 aliphatic rings. The van der Waals surface area contributed by atoms with E-state index in [9.17, 15) is 14.7 Å². The van der Waals surface area contributed by atoms with Crippen molar-refractivity contribution in [3.8, 4) is 0 Å². The fraction of sp³-hybridized carbons (Fsp3) is 0.200. The molecule has 92 valence electrons. The number of rotatable bonds is 4. The number of hydrogen-bond acceptors (Lipinski definition) is 3. The normalized spacial score (nSPS) is 13.1. The summed E-state index contributed by atoms with van der Waals surface area (Å²) < 4.78 is 0. The molecule has 0 bridgehead atoms. The van der Waals surface area contributed by atoms with Crippen LogP contribution in [0.3, 0.4) is 0 Å². The van der Waals surface area contributed by atoms with E-state index in [-0.39, 0.29) is 5.56 Å². The van der Waals surface area contributed by atoms with Crippen molar-refractivity contribution in [3.05, 3.63) is 34.9 Å². The van der Waals surface area contributed by atoms with Crippen molar-refractivity contribution < 1.29 is 24.9 Å². The number of aliphatic carboxylic acids is 2. The van der Waals surface area contributed by atoms with Gasteiger partial charge in [-0.15, -0.1) is 11.6 Å². The molecule has 1 aromatic rings. The van der Waals surface area contributed by atoms with Gasteiger partial charge in [-0.2, -0.15) is 0 Å². The molecule has 17 heavy (non-hydrogen) atoms. The van der Waals surface area contributed by atoms with Crippen LogP contribution in [0.5, 0.6) is 0 Å². The highest BCUT2D eigenvalue weighted by Crippen LogP contribution is 2.33. The fourth-order valence-corrected chi connectivity index (χ4v) is 1.64. The van der Waals surface area contributed by atoms with Crippen LogP contribution in [0, 0.1) is 0 Å². The van der Waals surface area contributed by atoms with Crippen molar-refractivity contribution in [2.24, 2.45) is 0 Å². The number of carboxylic acid groups (broad SMARTS) is 2. The van der Waals surface area contributed by atoms with Gasteiger partial charge in [0.2, 0.25) is 0 Å². The Morgan fingerprint density at radius 3 is 1.88 bits per heavy atom. The molecule has 0 aliphatic heterocycles. The van der Waals surface area contributed by atoms with Gasteiger partial charge in [0.25, 0.3) is 5.60 Å². The molecule has 0 amide bonds. The van der Waals surface area contributed by atoms with Crippen LogP contribution >= 0.6 is 23.2 Å². The number of aliphatic hydroxyl groups is 1. The highest BCUT2D eigenvalue weighted by molar-refractivity contribution is 6.30. The van der Waals surface area contributed by atoms with Gasteiger partial charge >= 0.3 is 11.9 Å². The molecule has 0 saturated carbocycles. The monoisotopic (exact) mass is 278 g/mol. The average molecular weight is 279 g/mol. The molecule has 1 unspecified atom stereocenters. The van der Waals surface area contributed by atoms with Crippen molar-refractivity contribution in [3.63, 3.8) is 0 Å². The van der Waals surface area contributed by atoms with E-state index in [4.69, 9.17) is 33.4 Å². The fourth-order valence-electron chi connectivity index (χ4n) is 1.18. The Balaban J connectivity index is 3.17. The first-order valence-corrected chi connectivity index (χ1v) is 5.20. The molecular weight excluding hydrogens is 271 g/mol. The van der Waals surface area contributed by atoms with Gasteiger partial charge in [-0.25, -0.2) is 9.59 Å². The lowest BCUT2D eigenvalue weighted by Gasteiger charge is -2.24. The number of carboxylic acids is 2. The Kier molecular flexibility index (Phi) is 3.98. The summed E-state index contributed by atoms with van der Waals surface area (Å²) in [6.45, 7) is 0. The van der Waals surface area contributed by atoms with Crippen molar-refractivity contribution in [2.45, 2.75) is 11.0 Å². The molecule has 5 nitrogen and oxygen atoms in total. The van der Waals surface area contributed by atoms with E-state index in [1.165, 1.54) is 24.3 Å². The van der Waals surface area contributed by atoms with Crippen molar-refractivity contribution in [1.29, 1.82) is 0 Å². The molecule has 1 aromatic carbocycles. The van der Waals surface area contributed by atoms with E-state index < -0.39 is 22.9 Å². The van der Waals surface area contributed by atoms with Crippen LogP contribution in [0.25, 0.3) is 0 Å². The third kappa shape index (κ3) is 2.52. The minimum absolute atomic E-state index is 0.142. The van der Waals surface area contributed by atoms with Gasteiger partial charge < -0.3 is 15.3 Å². The quantitative estimate of drug-likeness (QED) is 0.573. The minimum Gasteiger partial charge on any atom is -0.479 e. The van der Waals surface area contributed by atoms with E-state index in [1.807, 2.05) is 0 Å². The van der Waals surface area contributed by atoms with Gasteiger partial charge in [-0.3, -0.25) is 0 Å². The summed E-state index contributed by atoms with van der Waals surface area (Å²) >= 11 is 11.3. The second-order valence-corrected chi connectivity index (χ2v) is 4.16. The topological polar surface area (TPSA) is 94.8 Å². The lowest BCUT2D eigenvalue weighted by Crippen LogP contribution is -2.50. The molecule has 1 rings (SSSR count). The molecule has 0 fully saturated rings. The Bertz CT molecular complexity index is 429. The summed E-state index contributed by atoms with van der Waals surface area (Å²) in [6.07, 6.45) is 0. The predicted octanol–water partition coefficient (Wildman–Crippen LogP) is 1.52. The van der Waals surface area contributed by atoms with Crippen LogP contribution < -0.4 is 0 Å². The molecule has 0 spiro atoms. The number of benzene rings is 1. The summed E-state index contributed by atoms with van der Waals surface area (Å²) in [7, 11) is 0. The third-order valence-corrected chi connectivity index (χ3v) is 3.00. The molecule has 0 saturated heterocycles.